The van der Waals surface area contributed by atoms with Gasteiger partial charge in [0.05, 0.1) is 8.66 Å². The number of alkyl halides is 1. The van der Waals surface area contributed by atoms with Crippen LogP contribution < -0.4 is 0 Å². The van der Waals surface area contributed by atoms with Gasteiger partial charge in [-0.2, -0.15) is 0 Å². The summed E-state index contributed by atoms with van der Waals surface area (Å²) in [6.07, 6.45) is 4.26. The average molecular weight is 337 g/mol. The minimum Gasteiger partial charge on any atom is -0.335 e. The lowest BCUT2D eigenvalue weighted by molar-refractivity contribution is 0.0735. The van der Waals surface area contributed by atoms with Crippen LogP contribution in [0.4, 0.5) is 0 Å². The van der Waals surface area contributed by atoms with Crippen molar-refractivity contribution in [3.63, 3.8) is 0 Å². The molecule has 17 heavy (non-hydrogen) atoms. The van der Waals surface area contributed by atoms with E-state index in [9.17, 15) is 4.79 Å². The van der Waals surface area contributed by atoms with Crippen LogP contribution in [0.3, 0.4) is 0 Å². The number of carbonyl (C=O) groups is 1. The molecule has 1 aliphatic rings. The van der Waals surface area contributed by atoms with Crippen molar-refractivity contribution in [3.8, 4) is 0 Å². The van der Waals surface area contributed by atoms with E-state index < -0.39 is 0 Å². The molecule has 94 valence electrons. The number of hydrogen-bond acceptors (Lipinski definition) is 2. The SMILES string of the molecule is O=C(c1ccc(Br)s1)N1CCCC1CCCCl. The summed E-state index contributed by atoms with van der Waals surface area (Å²) in [6.45, 7) is 0.890. The van der Waals surface area contributed by atoms with E-state index in [1.165, 1.54) is 11.3 Å². The van der Waals surface area contributed by atoms with Crippen LogP contribution in [0.1, 0.15) is 35.4 Å². The molecule has 1 amide bonds. The standard InChI is InChI=1S/C12H15BrClNOS/c13-11-6-5-10(17-11)12(16)15-8-2-4-9(15)3-1-7-14/h5-6,9H,1-4,7-8H2. The van der Waals surface area contributed by atoms with Crippen LogP contribution >= 0.6 is 38.9 Å². The van der Waals surface area contributed by atoms with Gasteiger partial charge in [0.25, 0.3) is 5.91 Å². The third-order valence-electron chi connectivity index (χ3n) is 3.09. The summed E-state index contributed by atoms with van der Waals surface area (Å²) in [5.41, 5.74) is 0. The number of amides is 1. The summed E-state index contributed by atoms with van der Waals surface area (Å²) in [4.78, 5) is 15.2. The van der Waals surface area contributed by atoms with Gasteiger partial charge in [0.1, 0.15) is 0 Å². The Hall–Kier alpha value is -0.0600. The van der Waals surface area contributed by atoms with Crippen molar-refractivity contribution >= 4 is 44.8 Å². The second-order valence-electron chi connectivity index (χ2n) is 4.23. The van der Waals surface area contributed by atoms with Crippen LogP contribution in [-0.2, 0) is 0 Å². The van der Waals surface area contributed by atoms with Gasteiger partial charge in [-0.15, -0.1) is 22.9 Å². The second kappa shape index (κ2) is 6.21. The third kappa shape index (κ3) is 3.24. The lowest BCUT2D eigenvalue weighted by Crippen LogP contribution is -2.35. The topological polar surface area (TPSA) is 20.3 Å². The van der Waals surface area contributed by atoms with Crippen molar-refractivity contribution in [2.45, 2.75) is 31.7 Å². The number of nitrogens with zero attached hydrogens (tertiary/aromatic N) is 1. The van der Waals surface area contributed by atoms with E-state index >= 15 is 0 Å². The summed E-state index contributed by atoms with van der Waals surface area (Å²) >= 11 is 10.6. The zero-order valence-electron chi connectivity index (χ0n) is 9.49. The van der Waals surface area contributed by atoms with Crippen molar-refractivity contribution in [1.29, 1.82) is 0 Å². The summed E-state index contributed by atoms with van der Waals surface area (Å²) in [5, 5.41) is 0. The predicted molar refractivity (Wildman–Crippen MR) is 76.0 cm³/mol. The monoisotopic (exact) mass is 335 g/mol. The molecule has 0 aliphatic carbocycles. The first-order valence-electron chi connectivity index (χ1n) is 5.84. The van der Waals surface area contributed by atoms with E-state index in [0.29, 0.717) is 11.9 Å². The molecule has 1 aromatic rings. The van der Waals surface area contributed by atoms with Crippen molar-refractivity contribution < 1.29 is 4.79 Å². The lowest BCUT2D eigenvalue weighted by Gasteiger charge is -2.23. The maximum absolute atomic E-state index is 12.3. The van der Waals surface area contributed by atoms with Crippen molar-refractivity contribution in [3.05, 3.63) is 20.8 Å². The number of hydrogen-bond donors (Lipinski definition) is 0. The van der Waals surface area contributed by atoms with E-state index in [2.05, 4.69) is 15.9 Å². The van der Waals surface area contributed by atoms with Gasteiger partial charge in [0, 0.05) is 18.5 Å². The van der Waals surface area contributed by atoms with Crippen molar-refractivity contribution in [1.82, 2.24) is 4.90 Å². The van der Waals surface area contributed by atoms with Crippen molar-refractivity contribution in [2.24, 2.45) is 0 Å². The Morgan fingerprint density at radius 3 is 3.06 bits per heavy atom. The highest BCUT2D eigenvalue weighted by molar-refractivity contribution is 9.11. The first-order valence-corrected chi connectivity index (χ1v) is 7.99. The summed E-state index contributed by atoms with van der Waals surface area (Å²) in [7, 11) is 0. The maximum Gasteiger partial charge on any atom is 0.264 e. The third-order valence-corrected chi connectivity index (χ3v) is 4.97. The Morgan fingerprint density at radius 1 is 1.59 bits per heavy atom. The molecule has 2 nitrogen and oxygen atoms in total. The average Bonchev–Trinajstić information content (AvgIpc) is 2.94. The van der Waals surface area contributed by atoms with Crippen molar-refractivity contribution in [2.75, 3.05) is 12.4 Å². The summed E-state index contributed by atoms with van der Waals surface area (Å²) in [6, 6.07) is 4.22. The van der Waals surface area contributed by atoms with Crippen LogP contribution in [0.15, 0.2) is 15.9 Å². The number of carbonyl (C=O) groups excluding carboxylic acids is 1. The first kappa shape index (κ1) is 13.4. The molecule has 1 saturated heterocycles. The quantitative estimate of drug-likeness (QED) is 0.757. The normalized spacial score (nSPS) is 19.9. The van der Waals surface area contributed by atoms with E-state index in [0.717, 1.165) is 40.9 Å². The van der Waals surface area contributed by atoms with Gasteiger partial charge >= 0.3 is 0 Å². The Morgan fingerprint density at radius 2 is 2.41 bits per heavy atom. The van der Waals surface area contributed by atoms with Crippen LogP contribution in [0, 0.1) is 0 Å². The predicted octanol–water partition coefficient (Wildman–Crippen LogP) is 4.13. The molecule has 0 radical (unpaired) electrons. The molecule has 0 spiro atoms. The molecule has 1 aromatic heterocycles. The molecular weight excluding hydrogens is 322 g/mol. The van der Waals surface area contributed by atoms with Gasteiger partial charge in [0.2, 0.25) is 0 Å². The Balaban J connectivity index is 2.03. The minimum atomic E-state index is 0.178. The molecular formula is C12H15BrClNOS. The van der Waals surface area contributed by atoms with Crippen LogP contribution in [-0.4, -0.2) is 29.3 Å². The van der Waals surface area contributed by atoms with Gasteiger partial charge in [-0.1, -0.05) is 0 Å². The molecule has 2 rings (SSSR count). The fourth-order valence-corrected chi connectivity index (χ4v) is 3.78. The first-order chi connectivity index (χ1) is 8.22. The number of rotatable bonds is 4. The molecule has 1 aliphatic heterocycles. The van der Waals surface area contributed by atoms with Crippen LogP contribution in [0.5, 0.6) is 0 Å². The fourth-order valence-electron chi connectivity index (χ4n) is 2.29. The molecule has 1 unspecified atom stereocenters. The molecule has 2 heterocycles. The second-order valence-corrected chi connectivity index (χ2v) is 7.07. The number of likely N-dealkylation sites (tertiary alicyclic amines) is 1. The molecule has 1 fully saturated rings. The Labute approximate surface area is 119 Å². The zero-order chi connectivity index (χ0) is 12.3. The largest absolute Gasteiger partial charge is 0.335 e. The molecule has 0 bridgehead atoms. The van der Waals surface area contributed by atoms with E-state index in [-0.39, 0.29) is 5.91 Å². The van der Waals surface area contributed by atoms with Gasteiger partial charge in [-0.25, -0.2) is 0 Å². The highest BCUT2D eigenvalue weighted by atomic mass is 79.9. The highest BCUT2D eigenvalue weighted by Crippen LogP contribution is 2.28. The number of halogens is 2. The zero-order valence-corrected chi connectivity index (χ0v) is 12.7. The molecule has 1 atom stereocenters. The van der Waals surface area contributed by atoms with Gasteiger partial charge in [0.15, 0.2) is 0 Å². The van der Waals surface area contributed by atoms with Gasteiger partial charge < -0.3 is 4.90 Å². The molecule has 0 N–H and O–H groups in total. The molecule has 5 heteroatoms. The minimum absolute atomic E-state index is 0.178. The smallest absolute Gasteiger partial charge is 0.264 e. The van der Waals surface area contributed by atoms with Crippen LogP contribution in [0.25, 0.3) is 0 Å². The fraction of sp³-hybridized carbons (Fsp3) is 0.583. The maximum atomic E-state index is 12.3. The molecule has 0 saturated carbocycles. The van der Waals surface area contributed by atoms with Gasteiger partial charge in [-0.3, -0.25) is 4.79 Å². The Bertz CT molecular complexity index is 396. The van der Waals surface area contributed by atoms with Gasteiger partial charge in [-0.05, 0) is 53.7 Å². The van der Waals surface area contributed by atoms with Crippen LogP contribution in [0.2, 0.25) is 0 Å². The van der Waals surface area contributed by atoms with E-state index in [1.54, 1.807) is 0 Å². The summed E-state index contributed by atoms with van der Waals surface area (Å²) in [5.74, 6) is 0.862. The molecule has 0 aromatic carbocycles. The Kier molecular flexibility index (Phi) is 4.88. The van der Waals surface area contributed by atoms with E-state index in [4.69, 9.17) is 11.6 Å². The lowest BCUT2D eigenvalue weighted by atomic mass is 10.1. The number of thiophene rings is 1. The van der Waals surface area contributed by atoms with E-state index in [1.807, 2.05) is 17.0 Å². The highest BCUT2D eigenvalue weighted by Gasteiger charge is 2.29. The summed E-state index contributed by atoms with van der Waals surface area (Å²) < 4.78 is 1.01.